The summed E-state index contributed by atoms with van der Waals surface area (Å²) in [6, 6.07) is 8.30. The molecule has 0 amide bonds. The van der Waals surface area contributed by atoms with Gasteiger partial charge >= 0.3 is 0 Å². The lowest BCUT2D eigenvalue weighted by molar-refractivity contribution is 0.411. The minimum atomic E-state index is -0.461. The van der Waals surface area contributed by atoms with Crippen LogP contribution in [0.1, 0.15) is 28.3 Å². The van der Waals surface area contributed by atoms with Crippen LogP contribution in [0.25, 0.3) is 0 Å². The number of aryl methyl sites for hydroxylation is 2. The van der Waals surface area contributed by atoms with E-state index in [1.165, 1.54) is 12.1 Å². The van der Waals surface area contributed by atoms with Crippen LogP contribution in [0.5, 0.6) is 5.75 Å². The lowest BCUT2D eigenvalue weighted by Crippen LogP contribution is -2.29. The molecule has 0 fully saturated rings. The number of hydrazine groups is 1. The molecular formula is C16H18ClFN2O. The highest BCUT2D eigenvalue weighted by atomic mass is 35.5. The van der Waals surface area contributed by atoms with Gasteiger partial charge in [-0.2, -0.15) is 0 Å². The predicted molar refractivity (Wildman–Crippen MR) is 83.0 cm³/mol. The van der Waals surface area contributed by atoms with Crippen molar-refractivity contribution in [3.63, 3.8) is 0 Å². The van der Waals surface area contributed by atoms with Crippen molar-refractivity contribution in [2.24, 2.45) is 5.84 Å². The Morgan fingerprint density at radius 3 is 2.48 bits per heavy atom. The smallest absolute Gasteiger partial charge is 0.142 e. The van der Waals surface area contributed by atoms with Crippen molar-refractivity contribution in [1.82, 2.24) is 5.43 Å². The van der Waals surface area contributed by atoms with Gasteiger partial charge in [-0.15, -0.1) is 0 Å². The number of nitrogens with one attached hydrogen (secondary N) is 1. The number of benzene rings is 2. The van der Waals surface area contributed by atoms with Crippen molar-refractivity contribution in [2.45, 2.75) is 19.9 Å². The summed E-state index contributed by atoms with van der Waals surface area (Å²) in [6.07, 6.45) is 0. The lowest BCUT2D eigenvalue weighted by atomic mass is 9.93. The van der Waals surface area contributed by atoms with Gasteiger partial charge in [-0.1, -0.05) is 23.7 Å². The molecule has 3 nitrogen and oxygen atoms in total. The van der Waals surface area contributed by atoms with Gasteiger partial charge in [0.1, 0.15) is 11.6 Å². The van der Waals surface area contributed by atoms with Crippen LogP contribution in [0.3, 0.4) is 0 Å². The molecule has 3 N–H and O–H groups in total. The maximum atomic E-state index is 13.7. The van der Waals surface area contributed by atoms with Crippen molar-refractivity contribution in [1.29, 1.82) is 0 Å². The minimum absolute atomic E-state index is 0.0946. The molecule has 0 aliphatic rings. The van der Waals surface area contributed by atoms with Gasteiger partial charge in [0.2, 0.25) is 0 Å². The third kappa shape index (κ3) is 3.18. The molecule has 112 valence electrons. The Morgan fingerprint density at radius 1 is 1.19 bits per heavy atom. The highest BCUT2D eigenvalue weighted by Crippen LogP contribution is 2.31. The van der Waals surface area contributed by atoms with Gasteiger partial charge in [0, 0.05) is 0 Å². The van der Waals surface area contributed by atoms with E-state index in [4.69, 9.17) is 22.2 Å². The zero-order chi connectivity index (χ0) is 15.6. The van der Waals surface area contributed by atoms with Gasteiger partial charge < -0.3 is 4.74 Å². The molecule has 1 unspecified atom stereocenters. The van der Waals surface area contributed by atoms with Gasteiger partial charge in [-0.3, -0.25) is 5.84 Å². The summed E-state index contributed by atoms with van der Waals surface area (Å²) >= 11 is 5.73. The van der Waals surface area contributed by atoms with Gasteiger partial charge in [0.05, 0.1) is 18.2 Å². The number of rotatable bonds is 4. The van der Waals surface area contributed by atoms with Crippen molar-refractivity contribution < 1.29 is 9.13 Å². The van der Waals surface area contributed by atoms with Crippen molar-refractivity contribution >= 4 is 11.6 Å². The fraction of sp³-hybridized carbons (Fsp3) is 0.250. The molecule has 1 atom stereocenters. The van der Waals surface area contributed by atoms with Crippen molar-refractivity contribution in [2.75, 3.05) is 7.11 Å². The van der Waals surface area contributed by atoms with Gasteiger partial charge in [0.15, 0.2) is 0 Å². The first-order chi connectivity index (χ1) is 9.97. The van der Waals surface area contributed by atoms with Crippen molar-refractivity contribution in [3.8, 4) is 5.75 Å². The van der Waals surface area contributed by atoms with E-state index in [-0.39, 0.29) is 11.1 Å². The number of hydrogen-bond donors (Lipinski definition) is 2. The lowest BCUT2D eigenvalue weighted by Gasteiger charge is -2.21. The van der Waals surface area contributed by atoms with Crippen LogP contribution >= 0.6 is 11.6 Å². The molecule has 2 rings (SSSR count). The third-order valence-corrected chi connectivity index (χ3v) is 3.84. The van der Waals surface area contributed by atoms with Gasteiger partial charge in [-0.25, -0.2) is 9.82 Å². The van der Waals surface area contributed by atoms with E-state index < -0.39 is 5.82 Å². The topological polar surface area (TPSA) is 47.3 Å². The number of halogens is 2. The highest BCUT2D eigenvalue weighted by molar-refractivity contribution is 6.30. The molecule has 5 heteroatoms. The zero-order valence-electron chi connectivity index (χ0n) is 12.2. The van der Waals surface area contributed by atoms with Crippen LogP contribution in [0, 0.1) is 19.7 Å². The number of nitrogens with two attached hydrogens (primary N) is 1. The average molecular weight is 309 g/mol. The summed E-state index contributed by atoms with van der Waals surface area (Å²) in [5, 5.41) is 0.0946. The summed E-state index contributed by atoms with van der Waals surface area (Å²) in [4.78, 5) is 0. The summed E-state index contributed by atoms with van der Waals surface area (Å²) in [5.74, 6) is 6.03. The van der Waals surface area contributed by atoms with E-state index in [9.17, 15) is 4.39 Å². The molecular weight excluding hydrogens is 291 g/mol. The van der Waals surface area contributed by atoms with E-state index in [0.717, 1.165) is 22.4 Å². The summed E-state index contributed by atoms with van der Waals surface area (Å²) < 4.78 is 19.0. The van der Waals surface area contributed by atoms with E-state index in [1.54, 1.807) is 13.2 Å². The number of ether oxygens (including phenoxy) is 1. The Balaban J connectivity index is 2.50. The third-order valence-electron chi connectivity index (χ3n) is 3.54. The molecule has 21 heavy (non-hydrogen) atoms. The molecule has 0 saturated carbocycles. The maximum Gasteiger partial charge on any atom is 0.142 e. The molecule has 2 aromatic carbocycles. The highest BCUT2D eigenvalue weighted by Gasteiger charge is 2.17. The molecule has 0 spiro atoms. The Morgan fingerprint density at radius 2 is 1.90 bits per heavy atom. The summed E-state index contributed by atoms with van der Waals surface area (Å²) in [7, 11) is 1.63. The molecule has 0 radical (unpaired) electrons. The van der Waals surface area contributed by atoms with Gasteiger partial charge in [-0.05, 0) is 54.3 Å². The first-order valence-electron chi connectivity index (χ1n) is 6.54. The summed E-state index contributed by atoms with van der Waals surface area (Å²) in [6.45, 7) is 3.92. The first-order valence-corrected chi connectivity index (χ1v) is 6.92. The van der Waals surface area contributed by atoms with Crippen LogP contribution in [-0.2, 0) is 0 Å². The largest absolute Gasteiger partial charge is 0.496 e. The van der Waals surface area contributed by atoms with E-state index in [0.29, 0.717) is 5.56 Å². The second kappa shape index (κ2) is 6.43. The first kappa shape index (κ1) is 15.8. The second-order valence-electron chi connectivity index (χ2n) is 4.95. The normalized spacial score (nSPS) is 12.3. The maximum absolute atomic E-state index is 13.7. The van der Waals surface area contributed by atoms with Crippen molar-refractivity contribution in [3.05, 3.63) is 63.4 Å². The van der Waals surface area contributed by atoms with Crippen LogP contribution in [0.4, 0.5) is 4.39 Å². The molecule has 0 aromatic heterocycles. The molecule has 0 aliphatic heterocycles. The predicted octanol–water partition coefficient (Wildman–Crippen LogP) is 3.66. The Kier molecular flexibility index (Phi) is 4.83. The fourth-order valence-corrected chi connectivity index (χ4v) is 2.52. The van der Waals surface area contributed by atoms with E-state index >= 15 is 0 Å². The van der Waals surface area contributed by atoms with Gasteiger partial charge in [0.25, 0.3) is 0 Å². The SMILES string of the molecule is COc1cc(C)c(C(NN)c2ccc(Cl)c(F)c2)cc1C. The Hall–Kier alpha value is -1.62. The molecule has 0 aliphatic carbocycles. The molecule has 0 saturated heterocycles. The second-order valence-corrected chi connectivity index (χ2v) is 5.36. The van der Waals surface area contributed by atoms with Crippen LogP contribution in [-0.4, -0.2) is 7.11 Å². The monoisotopic (exact) mass is 308 g/mol. The quantitative estimate of drug-likeness (QED) is 0.669. The van der Waals surface area contributed by atoms with Crippen LogP contribution < -0.4 is 16.0 Å². The van der Waals surface area contributed by atoms with Crippen LogP contribution in [0.15, 0.2) is 30.3 Å². The van der Waals surface area contributed by atoms with E-state index in [2.05, 4.69) is 5.43 Å². The molecule has 0 heterocycles. The molecule has 0 bridgehead atoms. The Bertz CT molecular complexity index is 661. The molecule has 2 aromatic rings. The number of hydrogen-bond acceptors (Lipinski definition) is 3. The Labute approximate surface area is 128 Å². The average Bonchev–Trinajstić information content (AvgIpc) is 2.46. The summed E-state index contributed by atoms with van der Waals surface area (Å²) in [5.41, 5.74) is 6.42. The fourth-order valence-electron chi connectivity index (χ4n) is 2.40. The zero-order valence-corrected chi connectivity index (χ0v) is 13.0. The standard InChI is InChI=1S/C16H18ClFN2O/c1-9-7-15(21-3)10(2)6-12(9)16(20-19)11-4-5-13(17)14(18)8-11/h4-8,16,20H,19H2,1-3H3. The minimum Gasteiger partial charge on any atom is -0.496 e. The van der Waals surface area contributed by atoms with E-state index in [1.807, 2.05) is 26.0 Å². The number of methoxy groups -OCH3 is 1. The van der Waals surface area contributed by atoms with Crippen LogP contribution in [0.2, 0.25) is 5.02 Å².